The molecule has 0 amide bonds. The van der Waals surface area contributed by atoms with Crippen molar-refractivity contribution in [3.63, 3.8) is 0 Å². The van der Waals surface area contributed by atoms with E-state index in [9.17, 15) is 0 Å². The maximum atomic E-state index is 6.36. The van der Waals surface area contributed by atoms with Gasteiger partial charge in [0.15, 0.2) is 0 Å². The molecular formula is C14H19Cl2N. The van der Waals surface area contributed by atoms with Gasteiger partial charge in [-0.1, -0.05) is 36.6 Å². The molecule has 1 saturated heterocycles. The van der Waals surface area contributed by atoms with Crippen LogP contribution >= 0.6 is 23.2 Å². The van der Waals surface area contributed by atoms with Gasteiger partial charge in [-0.25, -0.2) is 0 Å². The first-order chi connectivity index (χ1) is 8.24. The summed E-state index contributed by atoms with van der Waals surface area (Å²) in [5.74, 6) is 0.527. The molecule has 0 aliphatic carbocycles. The lowest BCUT2D eigenvalue weighted by Gasteiger charge is -2.32. The Morgan fingerprint density at radius 1 is 1.29 bits per heavy atom. The molecular weight excluding hydrogens is 253 g/mol. The number of halogens is 2. The molecule has 1 unspecified atom stereocenters. The summed E-state index contributed by atoms with van der Waals surface area (Å²) in [6.07, 6.45) is 5.13. The molecule has 0 N–H and O–H groups in total. The lowest BCUT2D eigenvalue weighted by Crippen LogP contribution is -2.33. The number of benzene rings is 1. The number of nitrogens with zero attached hydrogens (tertiary/aromatic N) is 1. The van der Waals surface area contributed by atoms with Crippen molar-refractivity contribution >= 4 is 28.9 Å². The highest BCUT2D eigenvalue weighted by Crippen LogP contribution is 2.34. The van der Waals surface area contributed by atoms with Gasteiger partial charge in [0.2, 0.25) is 0 Å². The third-order valence-electron chi connectivity index (χ3n) is 3.55. The van der Waals surface area contributed by atoms with Gasteiger partial charge in [0.05, 0.1) is 10.7 Å². The van der Waals surface area contributed by atoms with Gasteiger partial charge in [0.25, 0.3) is 0 Å². The van der Waals surface area contributed by atoms with Gasteiger partial charge < -0.3 is 4.90 Å². The van der Waals surface area contributed by atoms with Crippen LogP contribution in [0.4, 0.5) is 5.69 Å². The number of para-hydroxylation sites is 1. The Morgan fingerprint density at radius 3 is 2.88 bits per heavy atom. The zero-order valence-electron chi connectivity index (χ0n) is 10.3. The second-order valence-corrected chi connectivity index (χ2v) is 5.45. The fourth-order valence-corrected chi connectivity index (χ4v) is 3.11. The monoisotopic (exact) mass is 271 g/mol. The largest absolute Gasteiger partial charge is 0.367 e. The summed E-state index contributed by atoms with van der Waals surface area (Å²) in [5.41, 5.74) is 2.30. The Kier molecular flexibility index (Phi) is 4.58. The zero-order chi connectivity index (χ0) is 12.3. The summed E-state index contributed by atoms with van der Waals surface area (Å²) in [6.45, 7) is 3.38. The first kappa shape index (κ1) is 13.0. The van der Waals surface area contributed by atoms with E-state index in [1.54, 1.807) is 0 Å². The van der Waals surface area contributed by atoms with Crippen LogP contribution in [-0.2, 0) is 5.88 Å². The van der Waals surface area contributed by atoms with E-state index in [-0.39, 0.29) is 0 Å². The van der Waals surface area contributed by atoms with Crippen molar-refractivity contribution in [1.29, 1.82) is 0 Å². The molecule has 0 bridgehead atoms. The molecule has 1 aliphatic rings. The summed E-state index contributed by atoms with van der Waals surface area (Å²) in [6, 6.07) is 6.57. The number of anilines is 1. The second-order valence-electron chi connectivity index (χ2n) is 4.77. The molecule has 1 nitrogen and oxygen atoms in total. The highest BCUT2D eigenvalue weighted by molar-refractivity contribution is 6.33. The topological polar surface area (TPSA) is 3.24 Å². The number of rotatable bonds is 2. The van der Waals surface area contributed by atoms with Crippen molar-refractivity contribution in [2.75, 3.05) is 11.4 Å². The van der Waals surface area contributed by atoms with Crippen LogP contribution in [0.1, 0.15) is 38.2 Å². The maximum Gasteiger partial charge on any atom is 0.0642 e. The van der Waals surface area contributed by atoms with E-state index in [0.29, 0.717) is 11.9 Å². The molecule has 94 valence electrons. The number of alkyl halides is 1. The zero-order valence-corrected chi connectivity index (χ0v) is 11.8. The molecule has 1 fully saturated rings. The molecule has 0 aromatic heterocycles. The molecule has 17 heavy (non-hydrogen) atoms. The van der Waals surface area contributed by atoms with Crippen LogP contribution < -0.4 is 4.90 Å². The van der Waals surface area contributed by atoms with Gasteiger partial charge in [-0.05, 0) is 31.4 Å². The molecule has 0 spiro atoms. The molecule has 3 heteroatoms. The van der Waals surface area contributed by atoms with E-state index in [4.69, 9.17) is 23.2 Å². The number of hydrogen-bond acceptors (Lipinski definition) is 1. The van der Waals surface area contributed by atoms with E-state index < -0.39 is 0 Å². The average molecular weight is 272 g/mol. The highest BCUT2D eigenvalue weighted by Gasteiger charge is 2.21. The van der Waals surface area contributed by atoms with Gasteiger partial charge in [-0.3, -0.25) is 0 Å². The van der Waals surface area contributed by atoms with Crippen LogP contribution in [0.25, 0.3) is 0 Å². The summed E-state index contributed by atoms with van der Waals surface area (Å²) < 4.78 is 0. The minimum absolute atomic E-state index is 0.527. The van der Waals surface area contributed by atoms with Crippen LogP contribution in [0.15, 0.2) is 18.2 Å². The van der Waals surface area contributed by atoms with E-state index in [1.807, 2.05) is 12.1 Å². The smallest absolute Gasteiger partial charge is 0.0642 e. The minimum Gasteiger partial charge on any atom is -0.367 e. The van der Waals surface area contributed by atoms with Crippen molar-refractivity contribution in [3.8, 4) is 0 Å². The molecule has 1 atom stereocenters. The lowest BCUT2D eigenvalue weighted by atomic mass is 10.1. The van der Waals surface area contributed by atoms with Crippen molar-refractivity contribution in [2.24, 2.45) is 0 Å². The van der Waals surface area contributed by atoms with Gasteiger partial charge in [0.1, 0.15) is 0 Å². The Bertz CT molecular complexity index is 378. The summed E-state index contributed by atoms with van der Waals surface area (Å²) in [4.78, 5) is 2.44. The SMILES string of the molecule is CC1CCCCCN1c1c(Cl)cccc1CCl. The predicted molar refractivity (Wildman–Crippen MR) is 76.3 cm³/mol. The van der Waals surface area contributed by atoms with Crippen LogP contribution in [0.5, 0.6) is 0 Å². The second kappa shape index (κ2) is 5.97. The van der Waals surface area contributed by atoms with Gasteiger partial charge in [-0.2, -0.15) is 0 Å². The third-order valence-corrected chi connectivity index (χ3v) is 4.15. The van der Waals surface area contributed by atoms with Crippen LogP contribution in [0, 0.1) is 0 Å². The fourth-order valence-electron chi connectivity index (χ4n) is 2.60. The van der Waals surface area contributed by atoms with Crippen LogP contribution in [0.2, 0.25) is 5.02 Å². The van der Waals surface area contributed by atoms with Crippen molar-refractivity contribution in [2.45, 2.75) is 44.5 Å². The fraction of sp³-hybridized carbons (Fsp3) is 0.571. The summed E-state index contributed by atoms with van der Waals surface area (Å²) >= 11 is 12.4. The average Bonchev–Trinajstić information content (AvgIpc) is 2.54. The Labute approximate surface area is 114 Å². The third kappa shape index (κ3) is 2.89. The van der Waals surface area contributed by atoms with Gasteiger partial charge in [-0.15, -0.1) is 11.6 Å². The highest BCUT2D eigenvalue weighted by atomic mass is 35.5. The predicted octanol–water partition coefficient (Wildman–Crippen LogP) is 4.85. The first-order valence-electron chi connectivity index (χ1n) is 6.34. The van der Waals surface area contributed by atoms with Crippen LogP contribution in [-0.4, -0.2) is 12.6 Å². The van der Waals surface area contributed by atoms with Gasteiger partial charge in [0, 0.05) is 18.5 Å². The summed E-state index contributed by atoms with van der Waals surface area (Å²) in [5, 5.41) is 0.830. The minimum atomic E-state index is 0.527. The molecule has 2 rings (SSSR count). The van der Waals surface area contributed by atoms with Crippen molar-refractivity contribution in [3.05, 3.63) is 28.8 Å². The first-order valence-corrected chi connectivity index (χ1v) is 7.25. The van der Waals surface area contributed by atoms with Crippen molar-refractivity contribution in [1.82, 2.24) is 0 Å². The number of hydrogen-bond donors (Lipinski definition) is 0. The normalized spacial score (nSPS) is 21.4. The van der Waals surface area contributed by atoms with E-state index in [2.05, 4.69) is 17.9 Å². The quantitative estimate of drug-likeness (QED) is 0.696. The van der Waals surface area contributed by atoms with E-state index in [1.165, 1.54) is 25.7 Å². The molecule has 1 aromatic rings. The molecule has 0 saturated carbocycles. The Morgan fingerprint density at radius 2 is 2.12 bits per heavy atom. The lowest BCUT2D eigenvalue weighted by molar-refractivity contribution is 0.615. The summed E-state index contributed by atoms with van der Waals surface area (Å²) in [7, 11) is 0. The maximum absolute atomic E-state index is 6.36. The van der Waals surface area contributed by atoms with Crippen LogP contribution in [0.3, 0.4) is 0 Å². The van der Waals surface area contributed by atoms with Crippen molar-refractivity contribution < 1.29 is 0 Å². The van der Waals surface area contributed by atoms with E-state index >= 15 is 0 Å². The molecule has 1 heterocycles. The van der Waals surface area contributed by atoms with Gasteiger partial charge >= 0.3 is 0 Å². The molecule has 0 radical (unpaired) electrons. The Hall–Kier alpha value is -0.400. The molecule has 1 aliphatic heterocycles. The molecule has 1 aromatic carbocycles. The standard InChI is InChI=1S/C14H19Cl2N/c1-11-6-3-2-4-9-17(11)14-12(10-15)7-5-8-13(14)16/h5,7-8,11H,2-4,6,9-10H2,1H3. The van der Waals surface area contributed by atoms with E-state index in [0.717, 1.165) is 22.8 Å². The Balaban J connectivity index is 2.36.